The Morgan fingerprint density at radius 3 is 2.65 bits per heavy atom. The Hall–Kier alpha value is -2.45. The molecule has 0 spiro atoms. The summed E-state index contributed by atoms with van der Waals surface area (Å²) in [6, 6.07) is 11.5. The lowest BCUT2D eigenvalue weighted by Gasteiger charge is -2.04. The highest BCUT2D eigenvalue weighted by Crippen LogP contribution is 2.26. The molecule has 0 amide bonds. The maximum absolute atomic E-state index is 5.75. The molecule has 0 bridgehead atoms. The van der Waals surface area contributed by atoms with Crippen LogP contribution >= 0.6 is 22.7 Å². The van der Waals surface area contributed by atoms with Gasteiger partial charge in [-0.05, 0) is 35.7 Å². The lowest BCUT2D eigenvalue weighted by Crippen LogP contribution is -1.97. The highest BCUT2D eigenvalue weighted by molar-refractivity contribution is 7.16. The Kier molecular flexibility index (Phi) is 3.68. The van der Waals surface area contributed by atoms with Crippen LogP contribution in [0.25, 0.3) is 15.7 Å². The Balaban J connectivity index is 1.53. The number of nitrogens with zero attached hydrogens (tertiary/aromatic N) is 4. The second-order valence-electron chi connectivity index (χ2n) is 4.66. The average molecular weight is 344 g/mol. The van der Waals surface area contributed by atoms with Gasteiger partial charge in [0.25, 0.3) is 0 Å². The quantitative estimate of drug-likeness (QED) is 0.554. The summed E-state index contributed by atoms with van der Waals surface area (Å²) in [5.74, 6) is 2.34. The summed E-state index contributed by atoms with van der Waals surface area (Å²) >= 11 is 3.09. The van der Waals surface area contributed by atoms with Crippen molar-refractivity contribution in [1.29, 1.82) is 0 Å². The van der Waals surface area contributed by atoms with Crippen molar-refractivity contribution >= 4 is 27.6 Å². The number of ether oxygens (including phenoxy) is 2. The van der Waals surface area contributed by atoms with Crippen LogP contribution in [0.15, 0.2) is 41.8 Å². The molecular weight excluding hydrogens is 332 g/mol. The summed E-state index contributed by atoms with van der Waals surface area (Å²) in [5, 5.41) is 15.8. The van der Waals surface area contributed by atoms with Gasteiger partial charge in [0, 0.05) is 0 Å². The van der Waals surface area contributed by atoms with E-state index in [9.17, 15) is 0 Å². The van der Waals surface area contributed by atoms with Crippen molar-refractivity contribution in [1.82, 2.24) is 19.8 Å². The molecule has 8 heteroatoms. The molecule has 0 N–H and O–H groups in total. The van der Waals surface area contributed by atoms with Gasteiger partial charge in [-0.2, -0.15) is 9.61 Å². The second-order valence-corrected chi connectivity index (χ2v) is 6.64. The maximum Gasteiger partial charge on any atom is 0.235 e. The van der Waals surface area contributed by atoms with Gasteiger partial charge in [0.15, 0.2) is 10.8 Å². The Morgan fingerprint density at radius 1 is 1.09 bits per heavy atom. The van der Waals surface area contributed by atoms with Gasteiger partial charge in [0.1, 0.15) is 18.1 Å². The third-order valence-electron chi connectivity index (χ3n) is 3.20. The minimum Gasteiger partial charge on any atom is -0.497 e. The van der Waals surface area contributed by atoms with Crippen molar-refractivity contribution in [2.45, 2.75) is 6.61 Å². The number of benzene rings is 1. The first-order valence-electron chi connectivity index (χ1n) is 6.85. The van der Waals surface area contributed by atoms with Crippen LogP contribution < -0.4 is 9.47 Å². The summed E-state index contributed by atoms with van der Waals surface area (Å²) in [7, 11) is 1.64. The monoisotopic (exact) mass is 344 g/mol. The van der Waals surface area contributed by atoms with Crippen molar-refractivity contribution < 1.29 is 9.47 Å². The van der Waals surface area contributed by atoms with Crippen LogP contribution in [0.3, 0.4) is 0 Å². The maximum atomic E-state index is 5.75. The Bertz CT molecular complexity index is 913. The highest BCUT2D eigenvalue weighted by Gasteiger charge is 2.14. The van der Waals surface area contributed by atoms with Crippen molar-refractivity contribution in [2.75, 3.05) is 7.11 Å². The van der Waals surface area contributed by atoms with E-state index in [0.717, 1.165) is 32.2 Å². The van der Waals surface area contributed by atoms with Gasteiger partial charge in [0.2, 0.25) is 4.96 Å². The zero-order valence-corrected chi connectivity index (χ0v) is 13.8. The van der Waals surface area contributed by atoms with Gasteiger partial charge in [-0.1, -0.05) is 17.4 Å². The molecule has 0 unspecified atom stereocenters. The first-order valence-corrected chi connectivity index (χ1v) is 8.55. The number of fused-ring (bicyclic) bond motifs is 1. The third-order valence-corrected chi connectivity index (χ3v) is 4.93. The predicted molar refractivity (Wildman–Crippen MR) is 89.3 cm³/mol. The van der Waals surface area contributed by atoms with E-state index in [1.54, 1.807) is 23.0 Å². The fourth-order valence-electron chi connectivity index (χ4n) is 2.09. The first-order chi connectivity index (χ1) is 11.3. The molecule has 4 rings (SSSR count). The van der Waals surface area contributed by atoms with E-state index in [0.29, 0.717) is 6.61 Å². The topological polar surface area (TPSA) is 61.5 Å². The standard InChI is InChI=1S/C15H12N4O2S2/c1-20-10-4-6-11(7-5-10)21-9-13-18-19-14(12-3-2-8-22-12)16-17-15(19)23-13/h2-8H,9H2,1H3. The number of rotatable bonds is 5. The fourth-order valence-corrected chi connectivity index (χ4v) is 3.53. The Morgan fingerprint density at radius 2 is 1.91 bits per heavy atom. The molecular formula is C15H12N4O2S2. The van der Waals surface area contributed by atoms with Crippen molar-refractivity contribution in [3.63, 3.8) is 0 Å². The van der Waals surface area contributed by atoms with E-state index < -0.39 is 0 Å². The van der Waals surface area contributed by atoms with Gasteiger partial charge in [-0.25, -0.2) is 0 Å². The molecule has 0 aliphatic heterocycles. The molecule has 0 saturated carbocycles. The number of thiophene rings is 1. The minimum absolute atomic E-state index is 0.393. The molecule has 3 aromatic heterocycles. The SMILES string of the molecule is COc1ccc(OCc2nn3c(-c4cccs4)nnc3s2)cc1. The van der Waals surface area contributed by atoms with Crippen LogP contribution in [0.5, 0.6) is 11.5 Å². The second kappa shape index (κ2) is 5.98. The smallest absolute Gasteiger partial charge is 0.235 e. The normalized spacial score (nSPS) is 11.0. The molecule has 3 heterocycles. The van der Waals surface area contributed by atoms with Gasteiger partial charge in [-0.15, -0.1) is 21.5 Å². The lowest BCUT2D eigenvalue weighted by atomic mass is 10.3. The number of hydrogen-bond acceptors (Lipinski definition) is 7. The summed E-state index contributed by atoms with van der Waals surface area (Å²) in [6.07, 6.45) is 0. The average Bonchev–Trinajstić information content (AvgIpc) is 3.29. The third kappa shape index (κ3) is 2.78. The summed E-state index contributed by atoms with van der Waals surface area (Å²) in [6.45, 7) is 0.393. The van der Waals surface area contributed by atoms with Crippen LogP contribution in [0.1, 0.15) is 5.01 Å². The molecule has 1 aromatic carbocycles. The van der Waals surface area contributed by atoms with Crippen LogP contribution in [0, 0.1) is 0 Å². The zero-order chi connectivity index (χ0) is 15.6. The van der Waals surface area contributed by atoms with E-state index in [2.05, 4.69) is 15.3 Å². The van der Waals surface area contributed by atoms with E-state index in [-0.39, 0.29) is 0 Å². The van der Waals surface area contributed by atoms with Gasteiger partial charge in [-0.3, -0.25) is 0 Å². The molecule has 0 fully saturated rings. The lowest BCUT2D eigenvalue weighted by molar-refractivity contribution is 0.303. The van der Waals surface area contributed by atoms with Crippen LogP contribution in [-0.2, 0) is 6.61 Å². The number of hydrogen-bond donors (Lipinski definition) is 0. The predicted octanol–water partition coefficient (Wildman–Crippen LogP) is 3.50. The molecule has 0 atom stereocenters. The first kappa shape index (κ1) is 14.2. The van der Waals surface area contributed by atoms with Crippen LogP contribution in [0.4, 0.5) is 0 Å². The molecule has 6 nitrogen and oxygen atoms in total. The number of methoxy groups -OCH3 is 1. The highest BCUT2D eigenvalue weighted by atomic mass is 32.1. The molecule has 116 valence electrons. The van der Waals surface area contributed by atoms with Gasteiger partial charge in [0.05, 0.1) is 12.0 Å². The summed E-state index contributed by atoms with van der Waals surface area (Å²) < 4.78 is 12.6. The molecule has 0 saturated heterocycles. The van der Waals surface area contributed by atoms with Crippen LogP contribution in [-0.4, -0.2) is 26.9 Å². The zero-order valence-electron chi connectivity index (χ0n) is 12.2. The van der Waals surface area contributed by atoms with E-state index in [4.69, 9.17) is 9.47 Å². The van der Waals surface area contributed by atoms with Gasteiger partial charge < -0.3 is 9.47 Å². The summed E-state index contributed by atoms with van der Waals surface area (Å²) in [5.41, 5.74) is 0. The largest absolute Gasteiger partial charge is 0.497 e. The molecule has 0 radical (unpaired) electrons. The van der Waals surface area contributed by atoms with Crippen LogP contribution in [0.2, 0.25) is 0 Å². The molecule has 0 aliphatic carbocycles. The summed E-state index contributed by atoms with van der Waals surface area (Å²) in [4.78, 5) is 1.81. The number of aromatic nitrogens is 4. The Labute approximate surface area is 139 Å². The van der Waals surface area contributed by atoms with Crippen molar-refractivity contribution in [2.24, 2.45) is 0 Å². The molecule has 0 aliphatic rings. The van der Waals surface area contributed by atoms with Crippen molar-refractivity contribution in [3.8, 4) is 22.2 Å². The van der Waals surface area contributed by atoms with E-state index in [1.165, 1.54) is 11.3 Å². The van der Waals surface area contributed by atoms with E-state index >= 15 is 0 Å². The molecule has 23 heavy (non-hydrogen) atoms. The molecule has 4 aromatic rings. The minimum atomic E-state index is 0.393. The van der Waals surface area contributed by atoms with Crippen molar-refractivity contribution in [3.05, 3.63) is 46.8 Å². The van der Waals surface area contributed by atoms with E-state index in [1.807, 2.05) is 41.8 Å². The van der Waals surface area contributed by atoms with Gasteiger partial charge >= 0.3 is 0 Å². The fraction of sp³-hybridized carbons (Fsp3) is 0.133.